The zero-order valence-electron chi connectivity index (χ0n) is 17.6. The van der Waals surface area contributed by atoms with Gasteiger partial charge in [0.15, 0.2) is 0 Å². The van der Waals surface area contributed by atoms with Crippen LogP contribution in [0.3, 0.4) is 0 Å². The highest BCUT2D eigenvalue weighted by molar-refractivity contribution is 6.31. The summed E-state index contributed by atoms with van der Waals surface area (Å²) >= 11 is 6.35. The Morgan fingerprint density at radius 3 is 2.47 bits per heavy atom. The van der Waals surface area contributed by atoms with Crippen molar-refractivity contribution in [2.45, 2.75) is 64.4 Å². The van der Waals surface area contributed by atoms with Gasteiger partial charge in [-0.25, -0.2) is 4.98 Å². The fourth-order valence-corrected chi connectivity index (χ4v) is 4.91. The summed E-state index contributed by atoms with van der Waals surface area (Å²) in [5.41, 5.74) is 3.64. The standard InChI is InChI=1S/C24H27ClN2O3/c1-14-26-22(25)19-13-20(24(2,3)30-23(19)27-14)18-10-8-17(9-11-18)16-6-4-15(5-7-16)12-21(28)29/h8-11,13,15-16H,4-7,12H2,1-3H3,(H,28,29)/t15-,16-. The predicted molar refractivity (Wildman–Crippen MR) is 118 cm³/mol. The van der Waals surface area contributed by atoms with Crippen molar-refractivity contribution < 1.29 is 14.6 Å². The van der Waals surface area contributed by atoms with E-state index in [2.05, 4.69) is 34.2 Å². The van der Waals surface area contributed by atoms with Crippen molar-refractivity contribution in [3.05, 3.63) is 51.9 Å². The molecule has 1 fully saturated rings. The molecule has 1 saturated carbocycles. The number of carboxylic acid groups (broad SMARTS) is 1. The third-order valence-electron chi connectivity index (χ3n) is 6.27. The Labute approximate surface area is 182 Å². The number of ether oxygens (including phenoxy) is 1. The second-order valence-electron chi connectivity index (χ2n) is 8.89. The van der Waals surface area contributed by atoms with Crippen LogP contribution in [-0.4, -0.2) is 26.6 Å². The first-order valence-corrected chi connectivity index (χ1v) is 10.9. The lowest BCUT2D eigenvalue weighted by Crippen LogP contribution is -2.33. The number of carboxylic acids is 1. The van der Waals surface area contributed by atoms with Crippen LogP contribution in [-0.2, 0) is 4.79 Å². The quantitative estimate of drug-likeness (QED) is 0.616. The van der Waals surface area contributed by atoms with E-state index in [-0.39, 0.29) is 0 Å². The van der Waals surface area contributed by atoms with Gasteiger partial charge in [-0.3, -0.25) is 4.79 Å². The van der Waals surface area contributed by atoms with Gasteiger partial charge in [-0.05, 0) is 75.5 Å². The molecule has 0 spiro atoms. The van der Waals surface area contributed by atoms with Gasteiger partial charge in [0.25, 0.3) is 0 Å². The van der Waals surface area contributed by atoms with Crippen LogP contribution in [0.5, 0.6) is 5.88 Å². The number of aryl methyl sites for hydroxylation is 1. The van der Waals surface area contributed by atoms with E-state index < -0.39 is 11.6 Å². The van der Waals surface area contributed by atoms with Crippen molar-refractivity contribution in [2.24, 2.45) is 5.92 Å². The number of halogens is 1. The average Bonchev–Trinajstić information content (AvgIpc) is 2.67. The molecule has 0 bridgehead atoms. The maximum Gasteiger partial charge on any atom is 0.303 e. The molecular weight excluding hydrogens is 400 g/mol. The van der Waals surface area contributed by atoms with Gasteiger partial charge >= 0.3 is 5.97 Å². The third kappa shape index (κ3) is 4.22. The molecule has 0 saturated heterocycles. The molecule has 1 aliphatic heterocycles. The van der Waals surface area contributed by atoms with Crippen molar-refractivity contribution >= 4 is 29.2 Å². The largest absolute Gasteiger partial charge is 0.481 e. The number of fused-ring (bicyclic) bond motifs is 1. The first-order valence-electron chi connectivity index (χ1n) is 10.5. The van der Waals surface area contributed by atoms with Gasteiger partial charge in [0.2, 0.25) is 5.88 Å². The summed E-state index contributed by atoms with van der Waals surface area (Å²) < 4.78 is 6.19. The molecule has 2 heterocycles. The topological polar surface area (TPSA) is 72.3 Å². The Hall–Kier alpha value is -2.40. The molecule has 4 rings (SSSR count). The Morgan fingerprint density at radius 2 is 1.83 bits per heavy atom. The van der Waals surface area contributed by atoms with Crippen LogP contribution >= 0.6 is 11.6 Å². The molecule has 5 nitrogen and oxygen atoms in total. The molecule has 1 aromatic heterocycles. The summed E-state index contributed by atoms with van der Waals surface area (Å²) in [4.78, 5) is 19.6. The minimum Gasteiger partial charge on any atom is -0.481 e. The highest BCUT2D eigenvalue weighted by Gasteiger charge is 2.33. The minimum absolute atomic E-state index is 0.294. The Bertz CT molecular complexity index is 990. The number of carbonyl (C=O) groups is 1. The molecular formula is C24H27ClN2O3. The zero-order chi connectivity index (χ0) is 21.5. The van der Waals surface area contributed by atoms with Crippen LogP contribution in [0.15, 0.2) is 24.3 Å². The van der Waals surface area contributed by atoms with E-state index in [1.165, 1.54) is 5.56 Å². The molecule has 0 amide bonds. The number of aromatic nitrogens is 2. The van der Waals surface area contributed by atoms with Gasteiger partial charge in [-0.1, -0.05) is 35.9 Å². The van der Waals surface area contributed by atoms with Crippen molar-refractivity contribution in [3.63, 3.8) is 0 Å². The summed E-state index contributed by atoms with van der Waals surface area (Å²) in [6.07, 6.45) is 6.40. The van der Waals surface area contributed by atoms with Gasteiger partial charge in [-0.2, -0.15) is 4.98 Å². The number of rotatable bonds is 4. The fourth-order valence-electron chi connectivity index (χ4n) is 4.65. The molecule has 6 heteroatoms. The maximum atomic E-state index is 10.9. The minimum atomic E-state index is -0.685. The normalized spacial score (nSPS) is 22.6. The highest BCUT2D eigenvalue weighted by Crippen LogP contribution is 2.42. The van der Waals surface area contributed by atoms with E-state index in [0.717, 1.165) is 42.4 Å². The van der Waals surface area contributed by atoms with Crippen LogP contribution in [0, 0.1) is 12.8 Å². The van der Waals surface area contributed by atoms with Crippen molar-refractivity contribution in [3.8, 4) is 5.88 Å². The lowest BCUT2D eigenvalue weighted by Gasteiger charge is -2.34. The molecule has 1 aliphatic carbocycles. The first-order chi connectivity index (χ1) is 14.2. The van der Waals surface area contributed by atoms with Crippen molar-refractivity contribution in [1.82, 2.24) is 9.97 Å². The maximum absolute atomic E-state index is 10.9. The van der Waals surface area contributed by atoms with Crippen LogP contribution in [0.25, 0.3) is 11.6 Å². The molecule has 158 valence electrons. The summed E-state index contributed by atoms with van der Waals surface area (Å²) in [6.45, 7) is 5.87. The SMILES string of the molecule is Cc1nc(Cl)c2c(n1)OC(C)(C)C(c1ccc([C@H]3CC[C@H](CC(=O)O)CC3)cc1)=C2. The van der Waals surface area contributed by atoms with Gasteiger partial charge in [0, 0.05) is 12.0 Å². The summed E-state index contributed by atoms with van der Waals surface area (Å²) in [7, 11) is 0. The molecule has 1 aromatic carbocycles. The lowest BCUT2D eigenvalue weighted by molar-refractivity contribution is -0.138. The number of benzene rings is 1. The smallest absolute Gasteiger partial charge is 0.303 e. The number of hydrogen-bond donors (Lipinski definition) is 1. The predicted octanol–water partition coefficient (Wildman–Crippen LogP) is 5.90. The second-order valence-corrected chi connectivity index (χ2v) is 9.25. The zero-order valence-corrected chi connectivity index (χ0v) is 18.4. The monoisotopic (exact) mass is 426 g/mol. The van der Waals surface area contributed by atoms with Crippen LogP contribution < -0.4 is 4.74 Å². The Balaban J connectivity index is 1.55. The van der Waals surface area contributed by atoms with E-state index in [1.807, 2.05) is 19.9 Å². The van der Waals surface area contributed by atoms with Crippen molar-refractivity contribution in [1.29, 1.82) is 0 Å². The molecule has 2 aromatic rings. The van der Waals surface area contributed by atoms with Crippen LogP contribution in [0.1, 0.15) is 74.4 Å². The van der Waals surface area contributed by atoms with Gasteiger partial charge in [0.05, 0.1) is 5.56 Å². The molecule has 0 unspecified atom stereocenters. The third-order valence-corrected chi connectivity index (χ3v) is 6.56. The highest BCUT2D eigenvalue weighted by atomic mass is 35.5. The first kappa shape index (κ1) is 20.9. The second kappa shape index (κ2) is 8.03. The average molecular weight is 427 g/mol. The van der Waals surface area contributed by atoms with E-state index in [9.17, 15) is 4.79 Å². The van der Waals surface area contributed by atoms with Crippen LogP contribution in [0.2, 0.25) is 5.15 Å². The summed E-state index contributed by atoms with van der Waals surface area (Å²) in [6, 6.07) is 8.67. The lowest BCUT2D eigenvalue weighted by atomic mass is 9.77. The molecule has 2 aliphatic rings. The molecule has 0 radical (unpaired) electrons. The fraction of sp³-hybridized carbons (Fsp3) is 0.458. The molecule has 30 heavy (non-hydrogen) atoms. The van der Waals surface area contributed by atoms with Gasteiger partial charge in [0.1, 0.15) is 16.6 Å². The Kier molecular flexibility index (Phi) is 5.58. The Morgan fingerprint density at radius 1 is 1.17 bits per heavy atom. The van der Waals surface area contributed by atoms with Crippen molar-refractivity contribution in [2.75, 3.05) is 0 Å². The number of hydrogen-bond acceptors (Lipinski definition) is 4. The summed E-state index contributed by atoms with van der Waals surface area (Å²) in [5.74, 6) is 1.25. The summed E-state index contributed by atoms with van der Waals surface area (Å²) in [5, 5.41) is 9.41. The van der Waals surface area contributed by atoms with Gasteiger partial charge in [-0.15, -0.1) is 0 Å². The number of nitrogens with zero attached hydrogens (tertiary/aromatic N) is 2. The van der Waals surface area contributed by atoms with Crippen LogP contribution in [0.4, 0.5) is 0 Å². The number of aliphatic carboxylic acids is 1. The molecule has 0 atom stereocenters. The van der Waals surface area contributed by atoms with Gasteiger partial charge < -0.3 is 9.84 Å². The van der Waals surface area contributed by atoms with E-state index in [1.54, 1.807) is 6.92 Å². The van der Waals surface area contributed by atoms with E-state index in [4.69, 9.17) is 21.4 Å². The van der Waals surface area contributed by atoms with E-state index >= 15 is 0 Å². The van der Waals surface area contributed by atoms with E-state index in [0.29, 0.717) is 35.1 Å². The molecule has 1 N–H and O–H groups in total.